The van der Waals surface area contributed by atoms with E-state index in [4.69, 9.17) is 5.73 Å². The Kier molecular flexibility index (Phi) is 4.63. The predicted molar refractivity (Wildman–Crippen MR) is 97.2 cm³/mol. The first-order chi connectivity index (χ1) is 11.0. The van der Waals surface area contributed by atoms with Crippen LogP contribution in [-0.2, 0) is 4.79 Å². The van der Waals surface area contributed by atoms with Gasteiger partial charge in [-0.25, -0.2) is 9.97 Å². The molecule has 1 amide bonds. The molecule has 23 heavy (non-hydrogen) atoms. The van der Waals surface area contributed by atoms with Crippen LogP contribution in [0.2, 0.25) is 0 Å². The number of fused-ring (bicyclic) bond motifs is 1. The molecule has 0 fully saturated rings. The van der Waals surface area contributed by atoms with Crippen molar-refractivity contribution < 1.29 is 4.79 Å². The molecule has 116 valence electrons. The van der Waals surface area contributed by atoms with Crippen molar-refractivity contribution in [2.75, 3.05) is 0 Å². The number of halogens is 1. The van der Waals surface area contributed by atoms with Crippen LogP contribution in [0.25, 0.3) is 22.3 Å². The third kappa shape index (κ3) is 3.54. The summed E-state index contributed by atoms with van der Waals surface area (Å²) >= 11 is 4.78. The van der Waals surface area contributed by atoms with Crippen LogP contribution in [0.15, 0.2) is 58.0 Å². The lowest BCUT2D eigenvalue weighted by molar-refractivity contribution is -0.117. The highest BCUT2D eigenvalue weighted by atomic mass is 79.9. The van der Waals surface area contributed by atoms with Crippen LogP contribution in [0.3, 0.4) is 0 Å². The summed E-state index contributed by atoms with van der Waals surface area (Å²) in [5, 5.41) is 1.33. The molecule has 2 N–H and O–H groups in total. The number of aromatic nitrogens is 2. The molecule has 3 aromatic rings. The van der Waals surface area contributed by atoms with Crippen LogP contribution in [0, 0.1) is 0 Å². The normalized spacial score (nSPS) is 12.3. The Labute approximate surface area is 146 Å². The van der Waals surface area contributed by atoms with Crippen molar-refractivity contribution in [2.24, 2.45) is 5.73 Å². The Bertz CT molecular complexity index is 867. The molecule has 0 bridgehead atoms. The molecule has 1 aromatic heterocycles. The molecule has 0 radical (unpaired) electrons. The van der Waals surface area contributed by atoms with E-state index >= 15 is 0 Å². The first-order valence-corrected chi connectivity index (χ1v) is 8.70. The fraction of sp³-hybridized carbons (Fsp3) is 0.118. The summed E-state index contributed by atoms with van der Waals surface area (Å²) in [6, 6.07) is 15.6. The molecule has 0 spiro atoms. The van der Waals surface area contributed by atoms with Crippen molar-refractivity contribution in [3.05, 3.63) is 53.0 Å². The molecule has 1 heterocycles. The van der Waals surface area contributed by atoms with Gasteiger partial charge in [0.1, 0.15) is 5.03 Å². The summed E-state index contributed by atoms with van der Waals surface area (Å²) < 4.78 is 0.999. The van der Waals surface area contributed by atoms with E-state index in [9.17, 15) is 4.79 Å². The van der Waals surface area contributed by atoms with Crippen LogP contribution in [0.5, 0.6) is 0 Å². The second kappa shape index (κ2) is 6.68. The van der Waals surface area contributed by atoms with Crippen molar-refractivity contribution in [3.63, 3.8) is 0 Å². The van der Waals surface area contributed by atoms with Gasteiger partial charge in [-0.2, -0.15) is 0 Å². The van der Waals surface area contributed by atoms with E-state index in [1.54, 1.807) is 6.92 Å². The lowest BCUT2D eigenvalue weighted by Gasteiger charge is -2.11. The van der Waals surface area contributed by atoms with Crippen molar-refractivity contribution in [3.8, 4) is 11.4 Å². The van der Waals surface area contributed by atoms with Crippen LogP contribution in [-0.4, -0.2) is 21.1 Å². The SMILES string of the molecule is C[C@@H](Sc1nc(-c2ccc(Br)cc2)nc2ccccc12)C(N)=O. The number of thioether (sulfide) groups is 1. The molecule has 0 aliphatic rings. The fourth-order valence-electron chi connectivity index (χ4n) is 2.09. The lowest BCUT2D eigenvalue weighted by Crippen LogP contribution is -2.22. The van der Waals surface area contributed by atoms with Gasteiger partial charge < -0.3 is 5.73 Å². The number of primary amides is 1. The van der Waals surface area contributed by atoms with Gasteiger partial charge >= 0.3 is 0 Å². The maximum atomic E-state index is 11.4. The quantitative estimate of drug-likeness (QED) is 0.541. The Morgan fingerprint density at radius 3 is 2.52 bits per heavy atom. The molecule has 3 rings (SSSR count). The predicted octanol–water partition coefficient (Wildman–Crippen LogP) is 4.03. The molecule has 1 atom stereocenters. The highest BCUT2D eigenvalue weighted by Gasteiger charge is 2.16. The monoisotopic (exact) mass is 387 g/mol. The first-order valence-electron chi connectivity index (χ1n) is 7.03. The zero-order valence-corrected chi connectivity index (χ0v) is 14.8. The number of amides is 1. The van der Waals surface area contributed by atoms with Gasteiger partial charge in [0, 0.05) is 15.4 Å². The van der Waals surface area contributed by atoms with Gasteiger partial charge in [0.25, 0.3) is 0 Å². The molecule has 0 saturated carbocycles. The minimum Gasteiger partial charge on any atom is -0.369 e. The summed E-state index contributed by atoms with van der Waals surface area (Å²) in [7, 11) is 0. The zero-order chi connectivity index (χ0) is 16.4. The van der Waals surface area contributed by atoms with Crippen LogP contribution < -0.4 is 5.73 Å². The number of benzene rings is 2. The number of para-hydroxylation sites is 1. The molecule has 2 aromatic carbocycles. The van der Waals surface area contributed by atoms with Crippen LogP contribution in [0.1, 0.15) is 6.92 Å². The van der Waals surface area contributed by atoms with Crippen molar-refractivity contribution >= 4 is 44.5 Å². The van der Waals surface area contributed by atoms with E-state index in [1.807, 2.05) is 48.5 Å². The van der Waals surface area contributed by atoms with Gasteiger partial charge in [-0.1, -0.05) is 58.0 Å². The van der Waals surface area contributed by atoms with E-state index in [0.29, 0.717) is 5.82 Å². The highest BCUT2D eigenvalue weighted by molar-refractivity contribution is 9.10. The maximum absolute atomic E-state index is 11.4. The number of rotatable bonds is 4. The molecule has 0 aliphatic heterocycles. The van der Waals surface area contributed by atoms with Gasteiger partial charge in [0.15, 0.2) is 5.82 Å². The number of nitrogens with two attached hydrogens (primary N) is 1. The van der Waals surface area contributed by atoms with Crippen molar-refractivity contribution in [1.29, 1.82) is 0 Å². The molecule has 4 nitrogen and oxygen atoms in total. The number of hydrogen-bond donors (Lipinski definition) is 1. The third-order valence-corrected chi connectivity index (χ3v) is 5.01. The molecular formula is C17H14BrN3OS. The maximum Gasteiger partial charge on any atom is 0.230 e. The Balaban J connectivity index is 2.13. The minimum absolute atomic E-state index is 0.355. The van der Waals surface area contributed by atoms with E-state index in [2.05, 4.69) is 25.9 Å². The van der Waals surface area contributed by atoms with E-state index in [0.717, 1.165) is 26.0 Å². The van der Waals surface area contributed by atoms with Gasteiger partial charge in [0.2, 0.25) is 5.91 Å². The smallest absolute Gasteiger partial charge is 0.230 e. The van der Waals surface area contributed by atoms with Crippen molar-refractivity contribution in [1.82, 2.24) is 9.97 Å². The standard InChI is InChI=1S/C17H14BrN3OS/c1-10(15(19)22)23-17-13-4-2-3-5-14(13)20-16(21-17)11-6-8-12(18)9-7-11/h2-10H,1H3,(H2,19,22)/t10-/m1/s1. The van der Waals surface area contributed by atoms with Gasteiger partial charge in [-0.3, -0.25) is 4.79 Å². The second-order valence-electron chi connectivity index (χ2n) is 5.04. The summed E-state index contributed by atoms with van der Waals surface area (Å²) in [6.45, 7) is 1.78. The fourth-order valence-corrected chi connectivity index (χ4v) is 3.25. The number of carbonyl (C=O) groups is 1. The molecule has 6 heteroatoms. The average Bonchev–Trinajstić information content (AvgIpc) is 2.55. The Hall–Kier alpha value is -1.92. The van der Waals surface area contributed by atoms with Gasteiger partial charge in [-0.05, 0) is 25.1 Å². The Morgan fingerprint density at radius 1 is 1.13 bits per heavy atom. The number of nitrogens with zero attached hydrogens (tertiary/aromatic N) is 2. The van der Waals surface area contributed by atoms with Gasteiger partial charge in [0.05, 0.1) is 10.8 Å². The Morgan fingerprint density at radius 2 is 1.83 bits per heavy atom. The van der Waals surface area contributed by atoms with E-state index in [-0.39, 0.29) is 11.2 Å². The minimum atomic E-state index is -0.358. The number of hydrogen-bond acceptors (Lipinski definition) is 4. The van der Waals surface area contributed by atoms with E-state index in [1.165, 1.54) is 11.8 Å². The van der Waals surface area contributed by atoms with Crippen LogP contribution >= 0.6 is 27.7 Å². The topological polar surface area (TPSA) is 68.9 Å². The summed E-state index contributed by atoms with van der Waals surface area (Å²) in [6.07, 6.45) is 0. The third-order valence-electron chi connectivity index (χ3n) is 3.36. The first kappa shape index (κ1) is 16.0. The summed E-state index contributed by atoms with van der Waals surface area (Å²) in [4.78, 5) is 20.7. The lowest BCUT2D eigenvalue weighted by atomic mass is 10.2. The van der Waals surface area contributed by atoms with Crippen LogP contribution in [0.4, 0.5) is 0 Å². The summed E-state index contributed by atoms with van der Waals surface area (Å²) in [5.41, 5.74) is 7.16. The zero-order valence-electron chi connectivity index (χ0n) is 12.4. The molecule has 0 aliphatic carbocycles. The van der Waals surface area contributed by atoms with E-state index < -0.39 is 0 Å². The van der Waals surface area contributed by atoms with Gasteiger partial charge in [-0.15, -0.1) is 0 Å². The molecule has 0 saturated heterocycles. The largest absolute Gasteiger partial charge is 0.369 e. The molecule has 0 unspecified atom stereocenters. The van der Waals surface area contributed by atoms with Crippen molar-refractivity contribution in [2.45, 2.75) is 17.2 Å². The highest BCUT2D eigenvalue weighted by Crippen LogP contribution is 2.31. The molecular weight excluding hydrogens is 374 g/mol. The second-order valence-corrected chi connectivity index (χ2v) is 7.28. The summed E-state index contributed by atoms with van der Waals surface area (Å²) in [5.74, 6) is 0.276. The average molecular weight is 388 g/mol. The number of carbonyl (C=O) groups excluding carboxylic acids is 1.